The van der Waals surface area contributed by atoms with E-state index in [2.05, 4.69) is 4.18 Å². The number of carbonyl (C=O) groups is 1. The number of rotatable bonds is 5. The quantitative estimate of drug-likeness (QED) is 0.482. The summed E-state index contributed by atoms with van der Waals surface area (Å²) in [6, 6.07) is 15.4. The van der Waals surface area contributed by atoms with Crippen molar-refractivity contribution in [3.63, 3.8) is 0 Å². The fourth-order valence-electron chi connectivity index (χ4n) is 1.59. The lowest BCUT2D eigenvalue weighted by atomic mass is 10.1. The van der Waals surface area contributed by atoms with E-state index in [0.717, 1.165) is 5.56 Å². The van der Waals surface area contributed by atoms with Crippen molar-refractivity contribution in [1.82, 2.24) is 0 Å². The SMILES string of the molecule is O=C(/C=C/c1ccccc1)c1ccc(OS(=O)[O-])cc1. The molecule has 5 heteroatoms. The van der Waals surface area contributed by atoms with Crippen molar-refractivity contribution in [3.05, 3.63) is 71.8 Å². The molecule has 4 nitrogen and oxygen atoms in total. The van der Waals surface area contributed by atoms with E-state index >= 15 is 0 Å². The standard InChI is InChI=1S/C15H12O4S/c16-15(11-6-12-4-2-1-3-5-12)13-7-9-14(10-8-13)19-20(17)18/h1-11H,(H,17,18)/p-1/b11-6+. The van der Waals surface area contributed by atoms with Gasteiger partial charge in [-0.15, -0.1) is 0 Å². The van der Waals surface area contributed by atoms with Crippen molar-refractivity contribution in [1.29, 1.82) is 0 Å². The third-order valence-electron chi connectivity index (χ3n) is 2.53. The van der Waals surface area contributed by atoms with Gasteiger partial charge in [-0.25, -0.2) is 4.21 Å². The van der Waals surface area contributed by atoms with E-state index in [1.54, 1.807) is 6.08 Å². The Hall–Kier alpha value is -2.24. The van der Waals surface area contributed by atoms with E-state index in [1.807, 2.05) is 30.3 Å². The van der Waals surface area contributed by atoms with Crippen LogP contribution in [0.15, 0.2) is 60.7 Å². The van der Waals surface area contributed by atoms with Gasteiger partial charge >= 0.3 is 0 Å². The first-order chi connectivity index (χ1) is 9.65. The summed E-state index contributed by atoms with van der Waals surface area (Å²) in [6.07, 6.45) is 3.19. The average molecular weight is 287 g/mol. The Balaban J connectivity index is 2.06. The van der Waals surface area contributed by atoms with Crippen LogP contribution >= 0.6 is 0 Å². The molecule has 0 N–H and O–H groups in total. The number of allylic oxidation sites excluding steroid dienone is 1. The van der Waals surface area contributed by atoms with Gasteiger partial charge in [0.1, 0.15) is 17.1 Å². The number of hydrogen-bond acceptors (Lipinski definition) is 4. The zero-order valence-corrected chi connectivity index (χ0v) is 11.2. The van der Waals surface area contributed by atoms with E-state index < -0.39 is 11.4 Å². The molecular formula is C15H11O4S-. The summed E-state index contributed by atoms with van der Waals surface area (Å²) in [5.74, 6) is 0.00516. The molecule has 2 aromatic rings. The first kappa shape index (κ1) is 14.2. The van der Waals surface area contributed by atoms with Crippen molar-refractivity contribution in [2.24, 2.45) is 0 Å². The minimum Gasteiger partial charge on any atom is -0.740 e. The highest BCUT2D eigenvalue weighted by atomic mass is 32.2. The average Bonchev–Trinajstić information content (AvgIpc) is 2.46. The van der Waals surface area contributed by atoms with Gasteiger partial charge in [-0.1, -0.05) is 36.4 Å². The molecule has 20 heavy (non-hydrogen) atoms. The first-order valence-corrected chi connectivity index (χ1v) is 6.80. The van der Waals surface area contributed by atoms with Crippen LogP contribution in [0.2, 0.25) is 0 Å². The van der Waals surface area contributed by atoms with E-state index in [1.165, 1.54) is 30.3 Å². The number of carbonyl (C=O) groups excluding carboxylic acids is 1. The molecule has 1 atom stereocenters. The van der Waals surface area contributed by atoms with Gasteiger partial charge in [0, 0.05) is 5.56 Å². The van der Waals surface area contributed by atoms with Crippen LogP contribution in [-0.4, -0.2) is 14.5 Å². The molecule has 1 unspecified atom stereocenters. The molecular weight excluding hydrogens is 276 g/mol. The number of hydrogen-bond donors (Lipinski definition) is 0. The smallest absolute Gasteiger partial charge is 0.185 e. The van der Waals surface area contributed by atoms with Crippen LogP contribution in [0.5, 0.6) is 5.75 Å². The molecule has 0 radical (unpaired) electrons. The predicted octanol–water partition coefficient (Wildman–Crippen LogP) is 2.76. The molecule has 2 rings (SSSR count). The molecule has 102 valence electrons. The van der Waals surface area contributed by atoms with Gasteiger partial charge in [-0.3, -0.25) is 4.79 Å². The lowest BCUT2D eigenvalue weighted by molar-refractivity contribution is 0.104. The van der Waals surface area contributed by atoms with Crippen molar-refractivity contribution in [2.75, 3.05) is 0 Å². The van der Waals surface area contributed by atoms with Gasteiger partial charge in [0.15, 0.2) is 5.78 Å². The van der Waals surface area contributed by atoms with Gasteiger partial charge < -0.3 is 8.74 Å². The highest BCUT2D eigenvalue weighted by Gasteiger charge is 2.02. The largest absolute Gasteiger partial charge is 0.740 e. The van der Waals surface area contributed by atoms with Crippen LogP contribution in [0.3, 0.4) is 0 Å². The highest BCUT2D eigenvalue weighted by Crippen LogP contribution is 2.14. The summed E-state index contributed by atoms with van der Waals surface area (Å²) in [4.78, 5) is 11.9. The molecule has 0 spiro atoms. The highest BCUT2D eigenvalue weighted by molar-refractivity contribution is 7.74. The van der Waals surface area contributed by atoms with E-state index in [4.69, 9.17) is 0 Å². The third kappa shape index (κ3) is 4.15. The predicted molar refractivity (Wildman–Crippen MR) is 75.8 cm³/mol. The topological polar surface area (TPSA) is 66.4 Å². The fourth-order valence-corrected chi connectivity index (χ4v) is 1.85. The second-order valence-electron chi connectivity index (χ2n) is 3.92. The summed E-state index contributed by atoms with van der Waals surface area (Å²) < 4.78 is 25.2. The van der Waals surface area contributed by atoms with E-state index in [9.17, 15) is 13.6 Å². The summed E-state index contributed by atoms with van der Waals surface area (Å²) >= 11 is -2.61. The third-order valence-corrected chi connectivity index (χ3v) is 2.86. The zero-order chi connectivity index (χ0) is 14.4. The minimum absolute atomic E-state index is 0.163. The molecule has 0 heterocycles. The van der Waals surface area contributed by atoms with Crippen LogP contribution in [0.4, 0.5) is 0 Å². The number of ketones is 1. The van der Waals surface area contributed by atoms with Crippen LogP contribution in [0.1, 0.15) is 15.9 Å². The Morgan fingerprint density at radius 3 is 2.30 bits per heavy atom. The molecule has 2 aromatic carbocycles. The van der Waals surface area contributed by atoms with E-state index in [-0.39, 0.29) is 11.5 Å². The van der Waals surface area contributed by atoms with Gasteiger partial charge in [0.05, 0.1) is 0 Å². The van der Waals surface area contributed by atoms with Crippen molar-refractivity contribution < 1.29 is 17.7 Å². The molecule has 0 fully saturated rings. The van der Waals surface area contributed by atoms with Gasteiger partial charge in [-0.05, 0) is 35.9 Å². The summed E-state index contributed by atoms with van der Waals surface area (Å²) in [5.41, 5.74) is 1.39. The maximum absolute atomic E-state index is 11.9. The molecule has 0 saturated heterocycles. The van der Waals surface area contributed by atoms with Crippen molar-refractivity contribution in [3.8, 4) is 5.75 Å². The Morgan fingerprint density at radius 1 is 1.05 bits per heavy atom. The normalized spacial score (nSPS) is 12.2. The maximum Gasteiger partial charge on any atom is 0.185 e. The van der Waals surface area contributed by atoms with Gasteiger partial charge in [0.25, 0.3) is 0 Å². The van der Waals surface area contributed by atoms with Gasteiger partial charge in [0.2, 0.25) is 0 Å². The van der Waals surface area contributed by atoms with Crippen LogP contribution in [0, 0.1) is 0 Å². The van der Waals surface area contributed by atoms with Crippen molar-refractivity contribution in [2.45, 2.75) is 0 Å². The lowest BCUT2D eigenvalue weighted by Gasteiger charge is -2.06. The Bertz CT molecular complexity index is 633. The molecule has 0 aliphatic carbocycles. The molecule has 0 aliphatic rings. The second-order valence-corrected chi connectivity index (χ2v) is 4.50. The monoisotopic (exact) mass is 287 g/mol. The fraction of sp³-hybridized carbons (Fsp3) is 0. The molecule has 0 amide bonds. The Labute approximate surface area is 119 Å². The minimum atomic E-state index is -2.61. The maximum atomic E-state index is 11.9. The lowest BCUT2D eigenvalue weighted by Crippen LogP contribution is -1.99. The van der Waals surface area contributed by atoms with Crippen molar-refractivity contribution >= 4 is 23.2 Å². The first-order valence-electron chi connectivity index (χ1n) is 5.80. The molecule has 0 bridgehead atoms. The number of benzene rings is 2. The summed E-state index contributed by atoms with van der Waals surface area (Å²) in [6.45, 7) is 0. The van der Waals surface area contributed by atoms with Crippen LogP contribution < -0.4 is 4.18 Å². The Kier molecular flexibility index (Phi) is 4.81. The Morgan fingerprint density at radius 2 is 1.70 bits per heavy atom. The molecule has 0 saturated carbocycles. The van der Waals surface area contributed by atoms with Crippen LogP contribution in [0.25, 0.3) is 6.08 Å². The van der Waals surface area contributed by atoms with Gasteiger partial charge in [-0.2, -0.15) is 0 Å². The zero-order valence-electron chi connectivity index (χ0n) is 10.4. The second kappa shape index (κ2) is 6.79. The molecule has 0 aliphatic heterocycles. The summed E-state index contributed by atoms with van der Waals surface area (Å²) in [7, 11) is 0. The molecule has 0 aromatic heterocycles. The van der Waals surface area contributed by atoms with E-state index in [0.29, 0.717) is 5.56 Å². The summed E-state index contributed by atoms with van der Waals surface area (Å²) in [5, 5.41) is 0. The van der Waals surface area contributed by atoms with Crippen LogP contribution in [-0.2, 0) is 11.4 Å².